The van der Waals surface area contributed by atoms with E-state index < -0.39 is 11.9 Å². The van der Waals surface area contributed by atoms with Crippen molar-refractivity contribution in [1.82, 2.24) is 10.2 Å². The minimum Gasteiger partial charge on any atom is -0.497 e. The van der Waals surface area contributed by atoms with Crippen LogP contribution in [0.4, 0.5) is 4.39 Å². The molecule has 3 aromatic carbocycles. The number of halogens is 1. The maximum absolute atomic E-state index is 13.5. The molecule has 0 unspecified atom stereocenters. The molecule has 2 atom stereocenters. The van der Waals surface area contributed by atoms with E-state index in [-0.39, 0.29) is 31.0 Å². The summed E-state index contributed by atoms with van der Waals surface area (Å²) in [6, 6.07) is 21.7. The first kappa shape index (κ1) is 26.7. The Morgan fingerprint density at radius 1 is 0.944 bits per heavy atom. The van der Waals surface area contributed by atoms with Crippen molar-refractivity contribution in [3.63, 3.8) is 0 Å². The van der Waals surface area contributed by atoms with E-state index in [0.717, 1.165) is 17.5 Å². The molecule has 1 N–H and O–H groups in total. The molecule has 0 bridgehead atoms. The molecule has 0 spiro atoms. The number of carbonyl (C=O) groups excluding carboxylic acids is 2. The Labute approximate surface area is 212 Å². The summed E-state index contributed by atoms with van der Waals surface area (Å²) < 4.78 is 24.3. The summed E-state index contributed by atoms with van der Waals surface area (Å²) >= 11 is 0. The zero-order valence-corrected chi connectivity index (χ0v) is 20.9. The summed E-state index contributed by atoms with van der Waals surface area (Å²) in [5.41, 5.74) is 1.75. The fourth-order valence-electron chi connectivity index (χ4n) is 3.72. The SMILES string of the molecule is CC[C@H](C)NC(=O)[C@H](Cc1ccccc1)N(Cc1cccc(OC)c1)C(=O)COc1ccc(F)cc1. The van der Waals surface area contributed by atoms with Crippen LogP contribution >= 0.6 is 0 Å². The number of carbonyl (C=O) groups is 2. The van der Waals surface area contributed by atoms with Crippen molar-refractivity contribution in [3.05, 3.63) is 95.8 Å². The molecule has 6 nitrogen and oxygen atoms in total. The van der Waals surface area contributed by atoms with E-state index in [9.17, 15) is 14.0 Å². The Balaban J connectivity index is 1.92. The van der Waals surface area contributed by atoms with Crippen LogP contribution in [0.2, 0.25) is 0 Å². The topological polar surface area (TPSA) is 67.9 Å². The van der Waals surface area contributed by atoms with Gasteiger partial charge >= 0.3 is 0 Å². The fraction of sp³-hybridized carbons (Fsp3) is 0.310. The number of nitrogens with zero attached hydrogens (tertiary/aromatic N) is 1. The highest BCUT2D eigenvalue weighted by atomic mass is 19.1. The molecule has 0 aliphatic rings. The molecule has 3 aromatic rings. The number of hydrogen-bond donors (Lipinski definition) is 1. The molecule has 0 saturated carbocycles. The van der Waals surface area contributed by atoms with Gasteiger partial charge in [-0.1, -0.05) is 49.4 Å². The molecular weight excluding hydrogens is 459 g/mol. The Morgan fingerprint density at radius 2 is 1.64 bits per heavy atom. The summed E-state index contributed by atoms with van der Waals surface area (Å²) in [7, 11) is 1.58. The van der Waals surface area contributed by atoms with Crippen LogP contribution in [0.3, 0.4) is 0 Å². The van der Waals surface area contributed by atoms with Gasteiger partial charge in [0, 0.05) is 19.0 Å². The molecule has 7 heteroatoms. The predicted molar refractivity (Wildman–Crippen MR) is 137 cm³/mol. The van der Waals surface area contributed by atoms with E-state index in [4.69, 9.17) is 9.47 Å². The van der Waals surface area contributed by atoms with Crippen LogP contribution in [0.5, 0.6) is 11.5 Å². The molecule has 0 saturated heterocycles. The second kappa shape index (κ2) is 13.3. The van der Waals surface area contributed by atoms with E-state index in [1.807, 2.05) is 68.4 Å². The van der Waals surface area contributed by atoms with Crippen molar-refractivity contribution in [2.24, 2.45) is 0 Å². The normalized spacial score (nSPS) is 12.3. The first-order valence-corrected chi connectivity index (χ1v) is 12.0. The van der Waals surface area contributed by atoms with Crippen LogP contribution in [0.15, 0.2) is 78.9 Å². The van der Waals surface area contributed by atoms with Gasteiger partial charge in [0.25, 0.3) is 5.91 Å². The summed E-state index contributed by atoms with van der Waals surface area (Å²) in [6.07, 6.45) is 1.11. The Hall–Kier alpha value is -3.87. The van der Waals surface area contributed by atoms with Gasteiger partial charge in [0.15, 0.2) is 6.61 Å². The summed E-state index contributed by atoms with van der Waals surface area (Å²) in [5.74, 6) is 0.0486. The molecule has 0 aliphatic carbocycles. The minimum absolute atomic E-state index is 0.0417. The van der Waals surface area contributed by atoms with Crippen molar-refractivity contribution >= 4 is 11.8 Å². The van der Waals surface area contributed by atoms with Gasteiger partial charge in [-0.15, -0.1) is 0 Å². The third kappa shape index (κ3) is 7.83. The highest BCUT2D eigenvalue weighted by molar-refractivity contribution is 5.88. The van der Waals surface area contributed by atoms with Crippen LogP contribution in [0.1, 0.15) is 31.4 Å². The van der Waals surface area contributed by atoms with E-state index in [1.165, 1.54) is 24.3 Å². The lowest BCUT2D eigenvalue weighted by molar-refractivity contribution is -0.143. The molecule has 2 amide bonds. The standard InChI is InChI=1S/C29H33FN2O4/c1-4-21(2)31-29(34)27(18-22-9-6-5-7-10-22)32(19-23-11-8-12-26(17-23)35-3)28(33)20-36-25-15-13-24(30)14-16-25/h5-17,21,27H,4,18-20H2,1-3H3,(H,31,34)/t21-,27-/m0/s1. The van der Waals surface area contributed by atoms with Crippen LogP contribution in [0, 0.1) is 5.82 Å². The first-order chi connectivity index (χ1) is 17.4. The van der Waals surface area contributed by atoms with Crippen molar-refractivity contribution in [2.45, 2.75) is 45.3 Å². The monoisotopic (exact) mass is 492 g/mol. The van der Waals surface area contributed by atoms with E-state index in [1.54, 1.807) is 12.0 Å². The van der Waals surface area contributed by atoms with Gasteiger partial charge in [-0.05, 0) is 60.9 Å². The molecule has 190 valence electrons. The molecular formula is C29H33FN2O4. The van der Waals surface area contributed by atoms with Crippen molar-refractivity contribution in [3.8, 4) is 11.5 Å². The zero-order valence-electron chi connectivity index (χ0n) is 20.9. The van der Waals surface area contributed by atoms with Crippen LogP contribution in [-0.2, 0) is 22.6 Å². The molecule has 0 heterocycles. The number of hydrogen-bond acceptors (Lipinski definition) is 4. The highest BCUT2D eigenvalue weighted by Gasteiger charge is 2.31. The van der Waals surface area contributed by atoms with Gasteiger partial charge in [0.1, 0.15) is 23.4 Å². The lowest BCUT2D eigenvalue weighted by Gasteiger charge is -2.32. The Kier molecular flexibility index (Phi) is 9.86. The van der Waals surface area contributed by atoms with E-state index in [0.29, 0.717) is 17.9 Å². The summed E-state index contributed by atoms with van der Waals surface area (Å²) in [5, 5.41) is 3.03. The molecule has 0 radical (unpaired) electrons. The second-order valence-corrected chi connectivity index (χ2v) is 8.64. The number of ether oxygens (including phenoxy) is 2. The smallest absolute Gasteiger partial charge is 0.261 e. The van der Waals surface area contributed by atoms with Crippen LogP contribution in [-0.4, -0.2) is 42.5 Å². The largest absolute Gasteiger partial charge is 0.497 e. The number of methoxy groups -OCH3 is 1. The third-order valence-corrected chi connectivity index (χ3v) is 5.94. The minimum atomic E-state index is -0.767. The highest BCUT2D eigenvalue weighted by Crippen LogP contribution is 2.19. The molecule has 0 aromatic heterocycles. The number of rotatable bonds is 12. The predicted octanol–water partition coefficient (Wildman–Crippen LogP) is 4.77. The average Bonchev–Trinajstić information content (AvgIpc) is 2.90. The fourth-order valence-corrected chi connectivity index (χ4v) is 3.72. The maximum Gasteiger partial charge on any atom is 0.261 e. The lowest BCUT2D eigenvalue weighted by Crippen LogP contribution is -2.53. The van der Waals surface area contributed by atoms with E-state index in [2.05, 4.69) is 5.32 Å². The summed E-state index contributed by atoms with van der Waals surface area (Å²) in [6.45, 7) is 3.82. The van der Waals surface area contributed by atoms with Gasteiger partial charge in [0.2, 0.25) is 5.91 Å². The molecule has 0 fully saturated rings. The van der Waals surface area contributed by atoms with Gasteiger partial charge in [-0.3, -0.25) is 9.59 Å². The van der Waals surface area contributed by atoms with Crippen molar-refractivity contribution < 1.29 is 23.5 Å². The second-order valence-electron chi connectivity index (χ2n) is 8.64. The number of benzene rings is 3. The van der Waals surface area contributed by atoms with Gasteiger partial charge in [-0.2, -0.15) is 0 Å². The Morgan fingerprint density at radius 3 is 2.31 bits per heavy atom. The van der Waals surface area contributed by atoms with Gasteiger partial charge < -0.3 is 19.7 Å². The maximum atomic E-state index is 13.5. The van der Waals surface area contributed by atoms with Crippen LogP contribution < -0.4 is 14.8 Å². The zero-order chi connectivity index (χ0) is 25.9. The summed E-state index contributed by atoms with van der Waals surface area (Å²) in [4.78, 5) is 28.6. The number of amides is 2. The quantitative estimate of drug-likeness (QED) is 0.396. The van der Waals surface area contributed by atoms with Gasteiger partial charge in [0.05, 0.1) is 7.11 Å². The van der Waals surface area contributed by atoms with E-state index >= 15 is 0 Å². The Bertz CT molecular complexity index is 1120. The van der Waals surface area contributed by atoms with Crippen molar-refractivity contribution in [1.29, 1.82) is 0 Å². The van der Waals surface area contributed by atoms with Crippen molar-refractivity contribution in [2.75, 3.05) is 13.7 Å². The molecule has 0 aliphatic heterocycles. The first-order valence-electron chi connectivity index (χ1n) is 12.0. The lowest BCUT2D eigenvalue weighted by atomic mass is 10.0. The van der Waals surface area contributed by atoms with Gasteiger partial charge in [-0.25, -0.2) is 4.39 Å². The number of nitrogens with one attached hydrogen (secondary N) is 1. The average molecular weight is 493 g/mol. The van der Waals surface area contributed by atoms with Crippen LogP contribution in [0.25, 0.3) is 0 Å². The molecule has 3 rings (SSSR count). The molecule has 36 heavy (non-hydrogen) atoms. The third-order valence-electron chi connectivity index (χ3n) is 5.94.